The van der Waals surface area contributed by atoms with Crippen LogP contribution in [0.5, 0.6) is 5.75 Å². The predicted octanol–water partition coefficient (Wildman–Crippen LogP) is 2.39. The van der Waals surface area contributed by atoms with Gasteiger partial charge in [0.2, 0.25) is 5.91 Å². The summed E-state index contributed by atoms with van der Waals surface area (Å²) in [4.78, 5) is 12.4. The van der Waals surface area contributed by atoms with Crippen molar-refractivity contribution in [1.82, 2.24) is 5.32 Å². The average Bonchev–Trinajstić information content (AvgIpc) is 2.82. The van der Waals surface area contributed by atoms with Crippen molar-refractivity contribution in [2.75, 3.05) is 19.0 Å². The number of ether oxygens (including phenoxy) is 1. The first kappa shape index (κ1) is 13.9. The van der Waals surface area contributed by atoms with Gasteiger partial charge in [-0.1, -0.05) is 6.07 Å². The Balaban J connectivity index is 2.22. The monoisotopic (exact) mass is 262 g/mol. The Bertz CT molecular complexity index is 491. The molecule has 1 atom stereocenters. The molecule has 1 aliphatic heterocycles. The third kappa shape index (κ3) is 2.59. The molecule has 1 aromatic carbocycles. The molecule has 0 spiro atoms. The van der Waals surface area contributed by atoms with Gasteiger partial charge < -0.3 is 15.4 Å². The molecule has 4 heteroatoms. The number of benzene rings is 1. The molecule has 1 aliphatic rings. The van der Waals surface area contributed by atoms with Crippen molar-refractivity contribution in [3.63, 3.8) is 0 Å². The number of anilines is 1. The maximum atomic E-state index is 12.4. The van der Waals surface area contributed by atoms with Gasteiger partial charge in [0.25, 0.3) is 0 Å². The van der Waals surface area contributed by atoms with Crippen LogP contribution in [0.2, 0.25) is 0 Å². The van der Waals surface area contributed by atoms with Crippen LogP contribution in [-0.2, 0) is 4.79 Å². The van der Waals surface area contributed by atoms with Gasteiger partial charge in [-0.3, -0.25) is 4.79 Å². The topological polar surface area (TPSA) is 50.4 Å². The lowest BCUT2D eigenvalue weighted by Gasteiger charge is -2.24. The highest BCUT2D eigenvalue weighted by Gasteiger charge is 2.36. The highest BCUT2D eigenvalue weighted by atomic mass is 16.5. The van der Waals surface area contributed by atoms with Crippen LogP contribution in [0.15, 0.2) is 12.1 Å². The molecule has 0 aliphatic carbocycles. The number of nitrogens with one attached hydrogen (secondary N) is 2. The number of hydrogen-bond donors (Lipinski definition) is 2. The molecule has 0 bridgehead atoms. The standard InChI is InChI=1S/C15H22N2O2/c1-10-6-7-12(11(2)13(10)19-4)17-14(18)15(3)8-5-9-16-15/h6-7,16H,5,8-9H2,1-4H3,(H,17,18). The Morgan fingerprint density at radius 1 is 1.42 bits per heavy atom. The lowest BCUT2D eigenvalue weighted by molar-refractivity contribution is -0.121. The molecule has 1 saturated heterocycles. The number of methoxy groups -OCH3 is 1. The van der Waals surface area contributed by atoms with E-state index in [2.05, 4.69) is 10.6 Å². The van der Waals surface area contributed by atoms with Crippen LogP contribution in [0.3, 0.4) is 0 Å². The fourth-order valence-corrected chi connectivity index (χ4v) is 2.63. The molecule has 2 rings (SSSR count). The van der Waals surface area contributed by atoms with Crippen molar-refractivity contribution in [3.8, 4) is 5.75 Å². The summed E-state index contributed by atoms with van der Waals surface area (Å²) in [6.07, 6.45) is 1.92. The molecular weight excluding hydrogens is 240 g/mol. The van der Waals surface area contributed by atoms with Crippen molar-refractivity contribution in [1.29, 1.82) is 0 Å². The first-order valence-electron chi connectivity index (χ1n) is 6.68. The number of amides is 1. The molecule has 19 heavy (non-hydrogen) atoms. The maximum Gasteiger partial charge on any atom is 0.244 e. The number of aryl methyl sites for hydroxylation is 1. The fraction of sp³-hybridized carbons (Fsp3) is 0.533. The van der Waals surface area contributed by atoms with E-state index in [0.717, 1.165) is 42.0 Å². The van der Waals surface area contributed by atoms with E-state index >= 15 is 0 Å². The van der Waals surface area contributed by atoms with Gasteiger partial charge in [0.1, 0.15) is 5.75 Å². The molecule has 104 valence electrons. The number of carbonyl (C=O) groups excluding carboxylic acids is 1. The SMILES string of the molecule is COc1c(C)ccc(NC(=O)C2(C)CCCN2)c1C. The van der Waals surface area contributed by atoms with Gasteiger partial charge >= 0.3 is 0 Å². The zero-order valence-electron chi connectivity index (χ0n) is 12.1. The molecule has 0 saturated carbocycles. The van der Waals surface area contributed by atoms with Gasteiger partial charge in [-0.2, -0.15) is 0 Å². The molecular formula is C15H22N2O2. The number of rotatable bonds is 3. The highest BCUT2D eigenvalue weighted by Crippen LogP contribution is 2.30. The molecule has 2 N–H and O–H groups in total. The van der Waals surface area contributed by atoms with Crippen molar-refractivity contribution < 1.29 is 9.53 Å². The summed E-state index contributed by atoms with van der Waals surface area (Å²) in [5.41, 5.74) is 2.41. The van der Waals surface area contributed by atoms with Crippen LogP contribution in [-0.4, -0.2) is 25.1 Å². The molecule has 1 amide bonds. The lowest BCUT2D eigenvalue weighted by atomic mass is 9.98. The minimum absolute atomic E-state index is 0.0269. The summed E-state index contributed by atoms with van der Waals surface area (Å²) < 4.78 is 5.38. The second-order valence-electron chi connectivity index (χ2n) is 5.40. The van der Waals surface area contributed by atoms with Gasteiger partial charge in [-0.15, -0.1) is 0 Å². The second-order valence-corrected chi connectivity index (χ2v) is 5.40. The van der Waals surface area contributed by atoms with Crippen LogP contribution in [0.4, 0.5) is 5.69 Å². The second kappa shape index (κ2) is 5.21. The van der Waals surface area contributed by atoms with Crippen molar-refractivity contribution in [3.05, 3.63) is 23.3 Å². The Labute approximate surface area is 114 Å². The Kier molecular flexibility index (Phi) is 3.80. The number of carbonyl (C=O) groups is 1. The summed E-state index contributed by atoms with van der Waals surface area (Å²) in [6, 6.07) is 3.90. The maximum absolute atomic E-state index is 12.4. The van der Waals surface area contributed by atoms with E-state index in [1.807, 2.05) is 32.9 Å². The third-order valence-electron chi connectivity index (χ3n) is 3.92. The summed E-state index contributed by atoms with van der Waals surface area (Å²) in [5, 5.41) is 6.28. The molecule has 1 heterocycles. The molecule has 1 unspecified atom stereocenters. The van der Waals surface area contributed by atoms with Gasteiger partial charge in [0.05, 0.1) is 12.6 Å². The summed E-state index contributed by atoms with van der Waals surface area (Å²) in [7, 11) is 1.65. The smallest absolute Gasteiger partial charge is 0.244 e. The molecule has 0 radical (unpaired) electrons. The Morgan fingerprint density at radius 2 is 2.16 bits per heavy atom. The summed E-state index contributed by atoms with van der Waals surface area (Å²) in [5.74, 6) is 0.862. The fourth-order valence-electron chi connectivity index (χ4n) is 2.63. The quantitative estimate of drug-likeness (QED) is 0.879. The normalized spacial score (nSPS) is 22.3. The molecule has 1 aromatic rings. The summed E-state index contributed by atoms with van der Waals surface area (Å²) in [6.45, 7) is 6.82. The summed E-state index contributed by atoms with van der Waals surface area (Å²) >= 11 is 0. The Morgan fingerprint density at radius 3 is 2.74 bits per heavy atom. The van der Waals surface area contributed by atoms with Crippen molar-refractivity contribution >= 4 is 11.6 Å². The van der Waals surface area contributed by atoms with E-state index in [1.165, 1.54) is 0 Å². The van der Waals surface area contributed by atoms with Gasteiger partial charge in [0.15, 0.2) is 0 Å². The van der Waals surface area contributed by atoms with E-state index in [0.29, 0.717) is 0 Å². The van der Waals surface area contributed by atoms with Crippen LogP contribution in [0, 0.1) is 13.8 Å². The van der Waals surface area contributed by atoms with Crippen LogP contribution < -0.4 is 15.4 Å². The van der Waals surface area contributed by atoms with E-state index in [-0.39, 0.29) is 5.91 Å². The van der Waals surface area contributed by atoms with Gasteiger partial charge in [-0.05, 0) is 51.8 Å². The number of hydrogen-bond acceptors (Lipinski definition) is 3. The first-order chi connectivity index (χ1) is 8.98. The van der Waals surface area contributed by atoms with Gasteiger partial charge in [0, 0.05) is 11.3 Å². The van der Waals surface area contributed by atoms with Crippen molar-refractivity contribution in [2.24, 2.45) is 0 Å². The Hall–Kier alpha value is -1.55. The molecule has 0 aromatic heterocycles. The van der Waals surface area contributed by atoms with Crippen LogP contribution in [0.25, 0.3) is 0 Å². The lowest BCUT2D eigenvalue weighted by Crippen LogP contribution is -2.48. The van der Waals surface area contributed by atoms with E-state index in [9.17, 15) is 4.79 Å². The highest BCUT2D eigenvalue weighted by molar-refractivity contribution is 5.98. The van der Waals surface area contributed by atoms with E-state index in [4.69, 9.17) is 4.74 Å². The third-order valence-corrected chi connectivity index (χ3v) is 3.92. The van der Waals surface area contributed by atoms with Gasteiger partial charge in [-0.25, -0.2) is 0 Å². The first-order valence-corrected chi connectivity index (χ1v) is 6.68. The minimum Gasteiger partial charge on any atom is -0.496 e. The predicted molar refractivity (Wildman–Crippen MR) is 76.7 cm³/mol. The largest absolute Gasteiger partial charge is 0.496 e. The van der Waals surface area contributed by atoms with Crippen LogP contribution in [0.1, 0.15) is 30.9 Å². The van der Waals surface area contributed by atoms with E-state index in [1.54, 1.807) is 7.11 Å². The zero-order valence-corrected chi connectivity index (χ0v) is 12.1. The van der Waals surface area contributed by atoms with Crippen LogP contribution >= 0.6 is 0 Å². The minimum atomic E-state index is -0.454. The van der Waals surface area contributed by atoms with Crippen molar-refractivity contribution in [2.45, 2.75) is 39.2 Å². The molecule has 4 nitrogen and oxygen atoms in total. The average molecular weight is 262 g/mol. The molecule has 1 fully saturated rings. The van der Waals surface area contributed by atoms with E-state index < -0.39 is 5.54 Å². The zero-order chi connectivity index (χ0) is 14.0.